The van der Waals surface area contributed by atoms with E-state index < -0.39 is 0 Å². The van der Waals surface area contributed by atoms with Crippen molar-refractivity contribution in [3.05, 3.63) is 54.6 Å². The second-order valence-corrected chi connectivity index (χ2v) is 5.93. The van der Waals surface area contributed by atoms with Gasteiger partial charge < -0.3 is 0 Å². The molecule has 0 saturated carbocycles. The summed E-state index contributed by atoms with van der Waals surface area (Å²) in [6.07, 6.45) is 4.49. The van der Waals surface area contributed by atoms with Crippen LogP contribution in [0.3, 0.4) is 0 Å². The van der Waals surface area contributed by atoms with E-state index in [4.69, 9.17) is 0 Å². The highest BCUT2D eigenvalue weighted by molar-refractivity contribution is 5.64. The Bertz CT molecular complexity index is 395. The Morgan fingerprint density at radius 1 is 1.22 bits per heavy atom. The van der Waals surface area contributed by atoms with Gasteiger partial charge in [-0.3, -0.25) is 4.90 Å². The van der Waals surface area contributed by atoms with Crippen LogP contribution in [0.4, 0.5) is 0 Å². The van der Waals surface area contributed by atoms with E-state index in [1.165, 1.54) is 11.1 Å². The minimum atomic E-state index is 0.261. The molecule has 1 aromatic rings. The molecule has 0 unspecified atom stereocenters. The summed E-state index contributed by atoms with van der Waals surface area (Å²) in [5.41, 5.74) is 2.66. The summed E-state index contributed by atoms with van der Waals surface area (Å²) in [6.45, 7) is 12.7. The van der Waals surface area contributed by atoms with E-state index in [1.54, 1.807) is 0 Å². The van der Waals surface area contributed by atoms with Crippen LogP contribution in [0.1, 0.15) is 26.3 Å². The van der Waals surface area contributed by atoms with E-state index in [9.17, 15) is 0 Å². The van der Waals surface area contributed by atoms with Crippen molar-refractivity contribution >= 4 is 5.57 Å². The largest absolute Gasteiger partial charge is 0.298 e. The standard InChI is InChI=1S/C17H25N/c1-15(16-10-7-6-8-11-16)14-18(5)13-9-12-17(2,3)4/h6-12H,1,13-14H2,2-5H3/b12-9+. The van der Waals surface area contributed by atoms with Gasteiger partial charge in [0, 0.05) is 13.1 Å². The number of hydrogen-bond acceptors (Lipinski definition) is 1. The number of benzene rings is 1. The minimum Gasteiger partial charge on any atom is -0.298 e. The van der Waals surface area contributed by atoms with E-state index in [2.05, 4.69) is 75.7 Å². The predicted molar refractivity (Wildman–Crippen MR) is 81.6 cm³/mol. The van der Waals surface area contributed by atoms with E-state index in [0.29, 0.717) is 0 Å². The van der Waals surface area contributed by atoms with Crippen molar-refractivity contribution in [2.45, 2.75) is 20.8 Å². The molecule has 18 heavy (non-hydrogen) atoms. The molecule has 1 heteroatoms. The maximum Gasteiger partial charge on any atom is 0.0234 e. The zero-order valence-corrected chi connectivity index (χ0v) is 12.1. The highest BCUT2D eigenvalue weighted by Crippen LogP contribution is 2.15. The molecule has 0 saturated heterocycles. The number of hydrogen-bond donors (Lipinski definition) is 0. The number of likely N-dealkylation sites (N-methyl/N-ethyl adjacent to an activating group) is 1. The Labute approximate surface area is 112 Å². The topological polar surface area (TPSA) is 3.24 Å². The third-order valence-corrected chi connectivity index (χ3v) is 2.68. The third-order valence-electron chi connectivity index (χ3n) is 2.68. The van der Waals surface area contributed by atoms with Gasteiger partial charge in [0.05, 0.1) is 0 Å². The van der Waals surface area contributed by atoms with E-state index >= 15 is 0 Å². The molecule has 98 valence electrons. The maximum atomic E-state index is 4.16. The Morgan fingerprint density at radius 2 is 1.83 bits per heavy atom. The summed E-state index contributed by atoms with van der Waals surface area (Å²) in [6, 6.07) is 10.4. The van der Waals surface area contributed by atoms with Gasteiger partial charge in [0.1, 0.15) is 0 Å². The first-order valence-corrected chi connectivity index (χ1v) is 6.48. The van der Waals surface area contributed by atoms with Crippen molar-refractivity contribution < 1.29 is 0 Å². The van der Waals surface area contributed by atoms with E-state index in [-0.39, 0.29) is 5.41 Å². The molecular formula is C17H25N. The summed E-state index contributed by atoms with van der Waals surface area (Å²) in [5, 5.41) is 0. The van der Waals surface area contributed by atoms with Crippen molar-refractivity contribution in [2.75, 3.05) is 20.1 Å². The molecule has 1 nitrogen and oxygen atoms in total. The summed E-state index contributed by atoms with van der Waals surface area (Å²) in [5.74, 6) is 0. The quantitative estimate of drug-likeness (QED) is 0.699. The Hall–Kier alpha value is -1.34. The lowest BCUT2D eigenvalue weighted by atomic mass is 9.96. The molecule has 0 heterocycles. The van der Waals surface area contributed by atoms with Crippen molar-refractivity contribution in [2.24, 2.45) is 5.41 Å². The van der Waals surface area contributed by atoms with Gasteiger partial charge in [-0.15, -0.1) is 0 Å². The number of allylic oxidation sites excluding steroid dienone is 1. The second kappa shape index (κ2) is 6.55. The average molecular weight is 243 g/mol. The fraction of sp³-hybridized carbons (Fsp3) is 0.412. The molecule has 0 aliphatic heterocycles. The molecule has 0 aromatic heterocycles. The highest BCUT2D eigenvalue weighted by atomic mass is 15.1. The monoisotopic (exact) mass is 243 g/mol. The predicted octanol–water partition coefficient (Wildman–Crippen LogP) is 4.23. The molecule has 0 N–H and O–H groups in total. The molecule has 0 spiro atoms. The molecule has 0 aliphatic rings. The first-order chi connectivity index (χ1) is 8.38. The number of rotatable bonds is 5. The molecule has 0 aliphatic carbocycles. The molecule has 0 amide bonds. The van der Waals surface area contributed by atoms with Crippen LogP contribution in [-0.4, -0.2) is 25.0 Å². The van der Waals surface area contributed by atoms with E-state index in [0.717, 1.165) is 13.1 Å². The zero-order chi connectivity index (χ0) is 13.6. The van der Waals surface area contributed by atoms with Gasteiger partial charge in [-0.25, -0.2) is 0 Å². The van der Waals surface area contributed by atoms with Crippen LogP contribution in [0.2, 0.25) is 0 Å². The van der Waals surface area contributed by atoms with Gasteiger partial charge in [0.2, 0.25) is 0 Å². The minimum absolute atomic E-state index is 0.261. The Balaban J connectivity index is 2.44. The lowest BCUT2D eigenvalue weighted by molar-refractivity contribution is 0.415. The molecule has 1 rings (SSSR count). The van der Waals surface area contributed by atoms with Gasteiger partial charge in [-0.1, -0.05) is 69.8 Å². The summed E-state index contributed by atoms with van der Waals surface area (Å²) < 4.78 is 0. The summed E-state index contributed by atoms with van der Waals surface area (Å²) >= 11 is 0. The summed E-state index contributed by atoms with van der Waals surface area (Å²) in [7, 11) is 2.13. The normalized spacial score (nSPS) is 12.3. The Morgan fingerprint density at radius 3 is 2.39 bits per heavy atom. The molecular weight excluding hydrogens is 218 g/mol. The lowest BCUT2D eigenvalue weighted by Crippen LogP contribution is -2.20. The third kappa shape index (κ3) is 5.83. The van der Waals surface area contributed by atoms with Crippen LogP contribution in [0, 0.1) is 5.41 Å². The van der Waals surface area contributed by atoms with Crippen molar-refractivity contribution in [1.29, 1.82) is 0 Å². The van der Waals surface area contributed by atoms with Gasteiger partial charge in [0.25, 0.3) is 0 Å². The van der Waals surface area contributed by atoms with Crippen molar-refractivity contribution in [3.63, 3.8) is 0 Å². The molecule has 0 fully saturated rings. The average Bonchev–Trinajstić information content (AvgIpc) is 2.28. The fourth-order valence-electron chi connectivity index (χ4n) is 1.74. The first kappa shape index (κ1) is 14.7. The van der Waals surface area contributed by atoms with Crippen LogP contribution in [0.25, 0.3) is 5.57 Å². The molecule has 0 radical (unpaired) electrons. The zero-order valence-electron chi connectivity index (χ0n) is 12.1. The van der Waals surface area contributed by atoms with Gasteiger partial charge in [-0.05, 0) is 23.6 Å². The van der Waals surface area contributed by atoms with Gasteiger partial charge >= 0.3 is 0 Å². The van der Waals surface area contributed by atoms with Crippen molar-refractivity contribution in [1.82, 2.24) is 4.90 Å². The molecule has 0 bridgehead atoms. The first-order valence-electron chi connectivity index (χ1n) is 6.48. The summed E-state index contributed by atoms with van der Waals surface area (Å²) in [4.78, 5) is 2.28. The van der Waals surface area contributed by atoms with Crippen LogP contribution < -0.4 is 0 Å². The highest BCUT2D eigenvalue weighted by Gasteiger charge is 2.05. The second-order valence-electron chi connectivity index (χ2n) is 5.93. The smallest absolute Gasteiger partial charge is 0.0234 e. The van der Waals surface area contributed by atoms with Crippen LogP contribution in [0.5, 0.6) is 0 Å². The molecule has 1 aromatic carbocycles. The van der Waals surface area contributed by atoms with Crippen molar-refractivity contribution in [3.8, 4) is 0 Å². The van der Waals surface area contributed by atoms with Gasteiger partial charge in [0.15, 0.2) is 0 Å². The number of nitrogens with zero attached hydrogens (tertiary/aromatic N) is 1. The van der Waals surface area contributed by atoms with Crippen LogP contribution in [0.15, 0.2) is 49.1 Å². The van der Waals surface area contributed by atoms with Gasteiger partial charge in [-0.2, -0.15) is 0 Å². The fourth-order valence-corrected chi connectivity index (χ4v) is 1.74. The Kier molecular flexibility index (Phi) is 5.36. The van der Waals surface area contributed by atoms with Crippen LogP contribution in [-0.2, 0) is 0 Å². The van der Waals surface area contributed by atoms with E-state index in [1.807, 2.05) is 6.07 Å². The van der Waals surface area contributed by atoms with Crippen LogP contribution >= 0.6 is 0 Å². The SMILES string of the molecule is C=C(CN(C)C/C=C/C(C)(C)C)c1ccccc1. The lowest BCUT2D eigenvalue weighted by Gasteiger charge is -2.17. The molecule has 0 atom stereocenters. The maximum absolute atomic E-state index is 4.16.